The molecule has 0 radical (unpaired) electrons. The summed E-state index contributed by atoms with van der Waals surface area (Å²) >= 11 is 0. The number of amides is 1. The van der Waals surface area contributed by atoms with Gasteiger partial charge in [0.2, 0.25) is 0 Å². The third kappa shape index (κ3) is 5.85. The molecule has 9 nitrogen and oxygen atoms in total. The largest absolute Gasteiger partial charge is 0.444 e. The highest BCUT2D eigenvalue weighted by atomic mass is 16.6. The van der Waals surface area contributed by atoms with Crippen LogP contribution in [-0.4, -0.2) is 58.7 Å². The number of aromatic nitrogens is 1. The molecule has 1 aromatic heterocycles. The van der Waals surface area contributed by atoms with E-state index in [1.165, 1.54) is 6.26 Å². The second-order valence-electron chi connectivity index (χ2n) is 8.25. The van der Waals surface area contributed by atoms with Gasteiger partial charge in [0.1, 0.15) is 23.3 Å². The summed E-state index contributed by atoms with van der Waals surface area (Å²) in [4.78, 5) is 19.0. The maximum absolute atomic E-state index is 12.8. The van der Waals surface area contributed by atoms with Gasteiger partial charge < -0.3 is 24.6 Å². The van der Waals surface area contributed by atoms with Crippen molar-refractivity contribution in [3.05, 3.63) is 18.0 Å². The summed E-state index contributed by atoms with van der Waals surface area (Å²) < 4.78 is 16.5. The summed E-state index contributed by atoms with van der Waals surface area (Å²) in [6.45, 7) is 14.8. The second-order valence-corrected chi connectivity index (χ2v) is 8.25. The van der Waals surface area contributed by atoms with Gasteiger partial charge in [0.25, 0.3) is 0 Å². The molecule has 2 N–H and O–H groups in total. The number of carbonyl (C=O) groups is 1. The van der Waals surface area contributed by atoms with Crippen molar-refractivity contribution in [1.82, 2.24) is 20.7 Å². The first kappa shape index (κ1) is 22.0. The number of aliphatic imine (C=N–C) groups is 1. The first-order valence-electron chi connectivity index (χ1n) is 9.65. The normalized spacial score (nSPS) is 22.2. The van der Waals surface area contributed by atoms with Gasteiger partial charge >= 0.3 is 6.09 Å². The van der Waals surface area contributed by atoms with Crippen molar-refractivity contribution in [2.75, 3.05) is 13.1 Å². The van der Waals surface area contributed by atoms with Crippen LogP contribution in [-0.2, 0) is 16.0 Å². The number of nitrogens with one attached hydrogen (secondary N) is 2. The molecule has 2 rings (SSSR count). The zero-order valence-electron chi connectivity index (χ0n) is 17.9. The number of guanidine groups is 1. The third-order valence-corrected chi connectivity index (χ3v) is 4.23. The average Bonchev–Trinajstić information content (AvgIpc) is 3.13. The summed E-state index contributed by atoms with van der Waals surface area (Å²) in [6, 6.07) is 1.56. The Bertz CT molecular complexity index is 666. The molecule has 0 aromatic carbocycles. The zero-order valence-corrected chi connectivity index (χ0v) is 17.9. The minimum absolute atomic E-state index is 0.159. The molecule has 1 aliphatic rings. The molecule has 2 unspecified atom stereocenters. The molecule has 1 aromatic rings. The van der Waals surface area contributed by atoms with Gasteiger partial charge in [0.05, 0.1) is 18.7 Å². The Morgan fingerprint density at radius 2 is 2.11 bits per heavy atom. The van der Waals surface area contributed by atoms with Crippen molar-refractivity contribution in [2.45, 2.75) is 78.5 Å². The van der Waals surface area contributed by atoms with Crippen molar-refractivity contribution >= 4 is 12.1 Å². The van der Waals surface area contributed by atoms with Crippen LogP contribution >= 0.6 is 0 Å². The van der Waals surface area contributed by atoms with Crippen LogP contribution in [0.3, 0.4) is 0 Å². The van der Waals surface area contributed by atoms with E-state index in [4.69, 9.17) is 14.0 Å². The molecular formula is C19H33N5O4. The predicted molar refractivity (Wildman–Crippen MR) is 106 cm³/mol. The van der Waals surface area contributed by atoms with Crippen molar-refractivity contribution < 1.29 is 18.8 Å². The number of hydrogen-bond acceptors (Lipinski definition) is 6. The molecule has 158 valence electrons. The fourth-order valence-electron chi connectivity index (χ4n) is 3.15. The fourth-order valence-corrected chi connectivity index (χ4v) is 3.15. The van der Waals surface area contributed by atoms with Crippen LogP contribution in [0.1, 0.15) is 54.2 Å². The molecule has 0 spiro atoms. The number of nitrogens with zero attached hydrogens (tertiary/aromatic N) is 3. The number of carbonyl (C=O) groups excluding carboxylic acids is 1. The fraction of sp³-hybridized carbons (Fsp3) is 0.737. The van der Waals surface area contributed by atoms with Gasteiger partial charge in [0.15, 0.2) is 5.96 Å². The first-order chi connectivity index (χ1) is 13.0. The number of hydrogen-bond donors (Lipinski definition) is 2. The summed E-state index contributed by atoms with van der Waals surface area (Å²) in [7, 11) is 0. The maximum atomic E-state index is 12.8. The summed E-state index contributed by atoms with van der Waals surface area (Å²) in [5.74, 6) is 0.631. The highest BCUT2D eigenvalue weighted by molar-refractivity contribution is 5.80. The Morgan fingerprint density at radius 1 is 1.39 bits per heavy atom. The third-order valence-electron chi connectivity index (χ3n) is 4.23. The van der Waals surface area contributed by atoms with Gasteiger partial charge in [0, 0.05) is 19.2 Å². The Morgan fingerprint density at radius 3 is 2.68 bits per heavy atom. The monoisotopic (exact) mass is 395 g/mol. The van der Waals surface area contributed by atoms with E-state index in [-0.39, 0.29) is 12.1 Å². The molecule has 0 saturated carbocycles. The predicted octanol–water partition coefficient (Wildman–Crippen LogP) is 2.49. The lowest BCUT2D eigenvalue weighted by Gasteiger charge is -2.35. The average molecular weight is 396 g/mol. The number of rotatable bonds is 5. The SMILES string of the molecule is CCNC(=NCc1ccon1)NCC1C(C)OC(C)(C)N1C(=O)OC(C)(C)C. The van der Waals surface area contributed by atoms with Crippen molar-refractivity contribution in [3.8, 4) is 0 Å². The standard InChI is InChI=1S/C19H33N5O4/c1-8-20-16(21-11-14-9-10-26-23-14)22-12-15-13(2)27-19(6,7)24(15)17(25)28-18(3,4)5/h9-10,13,15H,8,11-12H2,1-7H3,(H2,20,21,22). The summed E-state index contributed by atoms with van der Waals surface area (Å²) in [5.41, 5.74) is -0.596. The molecule has 9 heteroatoms. The van der Waals surface area contributed by atoms with E-state index in [1.807, 2.05) is 48.5 Å². The van der Waals surface area contributed by atoms with Gasteiger partial charge in [-0.15, -0.1) is 0 Å². The lowest BCUT2D eigenvalue weighted by atomic mass is 10.1. The van der Waals surface area contributed by atoms with Crippen molar-refractivity contribution in [3.63, 3.8) is 0 Å². The minimum Gasteiger partial charge on any atom is -0.444 e. The Kier molecular flexibility index (Phi) is 6.92. The summed E-state index contributed by atoms with van der Waals surface area (Å²) in [6.07, 6.45) is 0.968. The quantitative estimate of drug-likeness (QED) is 0.583. The van der Waals surface area contributed by atoms with Gasteiger partial charge in [-0.25, -0.2) is 9.79 Å². The summed E-state index contributed by atoms with van der Waals surface area (Å²) in [5, 5.41) is 10.3. The molecule has 2 heterocycles. The Balaban J connectivity index is 2.09. The topological polar surface area (TPSA) is 101 Å². The van der Waals surface area contributed by atoms with Crippen molar-refractivity contribution in [1.29, 1.82) is 0 Å². The van der Waals surface area contributed by atoms with Crippen LogP contribution in [0.5, 0.6) is 0 Å². The first-order valence-corrected chi connectivity index (χ1v) is 9.65. The van der Waals surface area contributed by atoms with E-state index in [2.05, 4.69) is 20.8 Å². The van der Waals surface area contributed by atoms with Gasteiger partial charge in [-0.05, 0) is 48.5 Å². The molecule has 0 aliphatic carbocycles. The number of ether oxygens (including phenoxy) is 2. The van der Waals surface area contributed by atoms with E-state index in [0.29, 0.717) is 25.6 Å². The molecule has 28 heavy (non-hydrogen) atoms. The van der Waals surface area contributed by atoms with Crippen LogP contribution in [0, 0.1) is 0 Å². The van der Waals surface area contributed by atoms with Crippen LogP contribution in [0.4, 0.5) is 4.79 Å². The molecule has 1 amide bonds. The van der Waals surface area contributed by atoms with Crippen molar-refractivity contribution in [2.24, 2.45) is 4.99 Å². The van der Waals surface area contributed by atoms with Gasteiger partial charge in [-0.3, -0.25) is 4.90 Å². The van der Waals surface area contributed by atoms with E-state index in [0.717, 1.165) is 5.69 Å². The molecule has 1 aliphatic heterocycles. The van der Waals surface area contributed by atoms with Gasteiger partial charge in [-0.2, -0.15) is 0 Å². The molecule has 2 atom stereocenters. The molecular weight excluding hydrogens is 362 g/mol. The highest BCUT2D eigenvalue weighted by Gasteiger charge is 2.49. The second kappa shape index (κ2) is 8.81. The molecule has 1 saturated heterocycles. The van der Waals surface area contributed by atoms with Crippen LogP contribution in [0.15, 0.2) is 21.8 Å². The lowest BCUT2D eigenvalue weighted by molar-refractivity contribution is -0.0755. The lowest BCUT2D eigenvalue weighted by Crippen LogP contribution is -2.54. The molecule has 0 bridgehead atoms. The Labute approximate surface area is 166 Å². The van der Waals surface area contributed by atoms with E-state index in [9.17, 15) is 4.79 Å². The van der Waals surface area contributed by atoms with E-state index in [1.54, 1.807) is 11.0 Å². The molecule has 1 fully saturated rings. The smallest absolute Gasteiger partial charge is 0.412 e. The van der Waals surface area contributed by atoms with Crippen LogP contribution in [0.25, 0.3) is 0 Å². The van der Waals surface area contributed by atoms with Crippen LogP contribution < -0.4 is 10.6 Å². The minimum atomic E-state index is -0.760. The van der Waals surface area contributed by atoms with E-state index >= 15 is 0 Å². The van der Waals surface area contributed by atoms with E-state index < -0.39 is 17.4 Å². The Hall–Kier alpha value is -2.29. The maximum Gasteiger partial charge on any atom is 0.412 e. The van der Waals surface area contributed by atoms with Crippen LogP contribution in [0.2, 0.25) is 0 Å². The van der Waals surface area contributed by atoms with Gasteiger partial charge in [-0.1, -0.05) is 5.16 Å². The zero-order chi connectivity index (χ0) is 20.9. The highest BCUT2D eigenvalue weighted by Crippen LogP contribution is 2.33.